The van der Waals surface area contributed by atoms with Crippen molar-refractivity contribution < 1.29 is 0 Å². The SMILES string of the molecule is CSCCCCNCCc1ccccc1C. The molecule has 16 heavy (non-hydrogen) atoms. The number of hydrogen-bond acceptors (Lipinski definition) is 2. The van der Waals surface area contributed by atoms with Gasteiger partial charge < -0.3 is 5.32 Å². The summed E-state index contributed by atoms with van der Waals surface area (Å²) >= 11 is 1.94. The van der Waals surface area contributed by atoms with Crippen molar-refractivity contribution >= 4 is 11.8 Å². The molecule has 0 atom stereocenters. The monoisotopic (exact) mass is 237 g/mol. The van der Waals surface area contributed by atoms with Crippen LogP contribution in [-0.4, -0.2) is 25.1 Å². The zero-order valence-electron chi connectivity index (χ0n) is 10.5. The molecule has 0 aromatic heterocycles. The van der Waals surface area contributed by atoms with Crippen LogP contribution in [0.1, 0.15) is 24.0 Å². The molecule has 0 unspecified atom stereocenters. The van der Waals surface area contributed by atoms with Crippen LogP contribution in [0.3, 0.4) is 0 Å². The Hall–Kier alpha value is -0.470. The smallest absolute Gasteiger partial charge is 0.000825 e. The van der Waals surface area contributed by atoms with Gasteiger partial charge in [-0.25, -0.2) is 0 Å². The number of rotatable bonds is 8. The second-order valence-corrected chi connectivity index (χ2v) is 5.11. The van der Waals surface area contributed by atoms with E-state index in [1.165, 1.54) is 29.7 Å². The topological polar surface area (TPSA) is 12.0 Å². The molecular weight excluding hydrogens is 214 g/mol. The van der Waals surface area contributed by atoms with Gasteiger partial charge >= 0.3 is 0 Å². The van der Waals surface area contributed by atoms with Gasteiger partial charge in [-0.15, -0.1) is 0 Å². The van der Waals surface area contributed by atoms with Crippen LogP contribution >= 0.6 is 11.8 Å². The Labute approximate surface area is 104 Å². The molecule has 2 heteroatoms. The molecule has 90 valence electrons. The van der Waals surface area contributed by atoms with E-state index in [-0.39, 0.29) is 0 Å². The van der Waals surface area contributed by atoms with E-state index < -0.39 is 0 Å². The number of nitrogens with one attached hydrogen (secondary N) is 1. The van der Waals surface area contributed by atoms with Gasteiger partial charge in [-0.05, 0) is 62.4 Å². The van der Waals surface area contributed by atoms with Crippen LogP contribution in [0.2, 0.25) is 0 Å². The summed E-state index contributed by atoms with van der Waals surface area (Å²) in [6.07, 6.45) is 5.95. The van der Waals surface area contributed by atoms with Crippen molar-refractivity contribution in [1.82, 2.24) is 5.32 Å². The van der Waals surface area contributed by atoms with Gasteiger partial charge in [-0.3, -0.25) is 0 Å². The van der Waals surface area contributed by atoms with E-state index in [4.69, 9.17) is 0 Å². The summed E-state index contributed by atoms with van der Waals surface area (Å²) in [4.78, 5) is 0. The molecular formula is C14H23NS. The maximum atomic E-state index is 3.51. The molecule has 0 bridgehead atoms. The van der Waals surface area contributed by atoms with E-state index >= 15 is 0 Å². The standard InChI is InChI=1S/C14H23NS/c1-13-7-3-4-8-14(13)9-11-15-10-5-6-12-16-2/h3-4,7-8,15H,5-6,9-12H2,1-2H3. The third-order valence-corrected chi connectivity index (χ3v) is 3.48. The second kappa shape index (κ2) is 8.66. The lowest BCUT2D eigenvalue weighted by molar-refractivity contribution is 0.641. The number of unbranched alkanes of at least 4 members (excludes halogenated alkanes) is 1. The lowest BCUT2D eigenvalue weighted by atomic mass is 10.1. The van der Waals surface area contributed by atoms with Crippen LogP contribution in [-0.2, 0) is 6.42 Å². The van der Waals surface area contributed by atoms with Crippen molar-refractivity contribution in [3.05, 3.63) is 35.4 Å². The molecule has 0 amide bonds. The number of hydrogen-bond donors (Lipinski definition) is 1. The van der Waals surface area contributed by atoms with Crippen molar-refractivity contribution in [2.75, 3.05) is 25.1 Å². The predicted molar refractivity (Wildman–Crippen MR) is 75.4 cm³/mol. The molecule has 0 fully saturated rings. The Balaban J connectivity index is 2.05. The fourth-order valence-electron chi connectivity index (χ4n) is 1.74. The summed E-state index contributed by atoms with van der Waals surface area (Å²) in [5, 5.41) is 3.51. The zero-order chi connectivity index (χ0) is 11.6. The highest BCUT2D eigenvalue weighted by atomic mass is 32.2. The molecule has 0 saturated carbocycles. The average Bonchev–Trinajstić information content (AvgIpc) is 2.30. The summed E-state index contributed by atoms with van der Waals surface area (Å²) in [5.41, 5.74) is 2.88. The first-order valence-corrected chi connectivity index (χ1v) is 7.48. The Bertz CT molecular complexity index is 286. The van der Waals surface area contributed by atoms with Gasteiger partial charge in [0, 0.05) is 0 Å². The fourth-order valence-corrected chi connectivity index (χ4v) is 2.23. The van der Waals surface area contributed by atoms with Crippen molar-refractivity contribution in [1.29, 1.82) is 0 Å². The predicted octanol–water partition coefficient (Wildman–Crippen LogP) is 3.27. The quantitative estimate of drug-likeness (QED) is 0.696. The van der Waals surface area contributed by atoms with Crippen molar-refractivity contribution in [2.24, 2.45) is 0 Å². The Morgan fingerprint density at radius 1 is 1.12 bits per heavy atom. The summed E-state index contributed by atoms with van der Waals surface area (Å²) in [6, 6.07) is 8.65. The molecule has 0 spiro atoms. The van der Waals surface area contributed by atoms with Crippen LogP contribution in [0.15, 0.2) is 24.3 Å². The highest BCUT2D eigenvalue weighted by Gasteiger charge is 1.96. The minimum Gasteiger partial charge on any atom is -0.316 e. The molecule has 1 N–H and O–H groups in total. The van der Waals surface area contributed by atoms with E-state index in [1.807, 2.05) is 11.8 Å². The maximum Gasteiger partial charge on any atom is -0.000825 e. The minimum atomic E-state index is 1.10. The van der Waals surface area contributed by atoms with Gasteiger partial charge in [0.15, 0.2) is 0 Å². The number of benzene rings is 1. The third kappa shape index (κ3) is 5.57. The van der Waals surface area contributed by atoms with E-state index in [2.05, 4.69) is 42.8 Å². The summed E-state index contributed by atoms with van der Waals surface area (Å²) in [5.74, 6) is 1.29. The second-order valence-electron chi connectivity index (χ2n) is 4.13. The first-order valence-electron chi connectivity index (χ1n) is 6.08. The Morgan fingerprint density at radius 3 is 2.69 bits per heavy atom. The van der Waals surface area contributed by atoms with Gasteiger partial charge in [0.2, 0.25) is 0 Å². The molecule has 1 nitrogen and oxygen atoms in total. The van der Waals surface area contributed by atoms with E-state index in [9.17, 15) is 0 Å². The molecule has 0 radical (unpaired) electrons. The molecule has 1 aromatic carbocycles. The van der Waals surface area contributed by atoms with E-state index in [0.717, 1.165) is 19.5 Å². The molecule has 1 rings (SSSR count). The molecule has 0 aliphatic rings. The average molecular weight is 237 g/mol. The summed E-state index contributed by atoms with van der Waals surface area (Å²) in [6.45, 7) is 4.45. The molecule has 0 aliphatic carbocycles. The van der Waals surface area contributed by atoms with Crippen LogP contribution < -0.4 is 5.32 Å². The molecule has 0 saturated heterocycles. The summed E-state index contributed by atoms with van der Waals surface area (Å²) < 4.78 is 0. The van der Waals surface area contributed by atoms with Crippen LogP contribution in [0.4, 0.5) is 0 Å². The molecule has 1 aromatic rings. The first kappa shape index (κ1) is 13.6. The normalized spacial score (nSPS) is 10.6. The summed E-state index contributed by atoms with van der Waals surface area (Å²) in [7, 11) is 0. The van der Waals surface area contributed by atoms with Crippen molar-refractivity contribution in [3.8, 4) is 0 Å². The van der Waals surface area contributed by atoms with Gasteiger partial charge in [0.1, 0.15) is 0 Å². The lowest BCUT2D eigenvalue weighted by Crippen LogP contribution is -2.18. The Kier molecular flexibility index (Phi) is 7.35. The Morgan fingerprint density at radius 2 is 1.94 bits per heavy atom. The number of thioether (sulfide) groups is 1. The maximum absolute atomic E-state index is 3.51. The van der Waals surface area contributed by atoms with Crippen molar-refractivity contribution in [3.63, 3.8) is 0 Å². The highest BCUT2D eigenvalue weighted by molar-refractivity contribution is 7.98. The van der Waals surface area contributed by atoms with Gasteiger partial charge in [0.05, 0.1) is 0 Å². The van der Waals surface area contributed by atoms with E-state index in [1.54, 1.807) is 0 Å². The minimum absolute atomic E-state index is 1.10. The first-order chi connectivity index (χ1) is 7.84. The lowest BCUT2D eigenvalue weighted by Gasteiger charge is -2.06. The molecule has 0 aliphatic heterocycles. The number of aryl methyl sites for hydroxylation is 1. The van der Waals surface area contributed by atoms with Crippen molar-refractivity contribution in [2.45, 2.75) is 26.2 Å². The molecule has 0 heterocycles. The van der Waals surface area contributed by atoms with E-state index in [0.29, 0.717) is 0 Å². The van der Waals surface area contributed by atoms with Crippen LogP contribution in [0, 0.1) is 6.92 Å². The third-order valence-electron chi connectivity index (χ3n) is 2.78. The van der Waals surface area contributed by atoms with Crippen LogP contribution in [0.5, 0.6) is 0 Å². The van der Waals surface area contributed by atoms with Crippen LogP contribution in [0.25, 0.3) is 0 Å². The fraction of sp³-hybridized carbons (Fsp3) is 0.571. The van der Waals surface area contributed by atoms with Gasteiger partial charge in [0.25, 0.3) is 0 Å². The van der Waals surface area contributed by atoms with Gasteiger partial charge in [-0.1, -0.05) is 24.3 Å². The van der Waals surface area contributed by atoms with Gasteiger partial charge in [-0.2, -0.15) is 11.8 Å². The highest BCUT2D eigenvalue weighted by Crippen LogP contribution is 2.06. The zero-order valence-corrected chi connectivity index (χ0v) is 11.3. The largest absolute Gasteiger partial charge is 0.316 e.